The molecule has 1 aromatic rings. The number of hydrogen-bond donors (Lipinski definition) is 2. The lowest BCUT2D eigenvalue weighted by atomic mass is 10.0. The van der Waals surface area contributed by atoms with Crippen molar-refractivity contribution in [2.24, 2.45) is 5.92 Å². The molecule has 0 unspecified atom stereocenters. The zero-order valence-corrected chi connectivity index (χ0v) is 13.5. The second kappa shape index (κ2) is 9.75. The number of nitrogens with one attached hydrogen (secondary N) is 2. The third kappa shape index (κ3) is 7.48. The summed E-state index contributed by atoms with van der Waals surface area (Å²) in [5.41, 5.74) is 0. The van der Waals surface area contributed by atoms with Gasteiger partial charge in [0.2, 0.25) is 17.2 Å². The van der Waals surface area contributed by atoms with Gasteiger partial charge < -0.3 is 10.6 Å². The number of nitrogens with zero attached hydrogens (tertiary/aromatic N) is 3. The first-order chi connectivity index (χ1) is 9.61. The van der Waals surface area contributed by atoms with E-state index in [2.05, 4.69) is 39.4 Å². The van der Waals surface area contributed by atoms with Crippen LogP contribution in [-0.2, 0) is 0 Å². The topological polar surface area (TPSA) is 62.7 Å². The molecule has 1 heterocycles. The normalized spacial score (nSPS) is 10.8. The van der Waals surface area contributed by atoms with E-state index in [1.165, 1.54) is 25.7 Å². The molecule has 0 aliphatic heterocycles. The first kappa shape index (κ1) is 17.0. The largest absolute Gasteiger partial charge is 0.354 e. The minimum Gasteiger partial charge on any atom is -0.354 e. The molecule has 114 valence electrons. The molecule has 0 saturated heterocycles. The maximum atomic E-state index is 5.85. The van der Waals surface area contributed by atoms with E-state index >= 15 is 0 Å². The fourth-order valence-corrected chi connectivity index (χ4v) is 2.06. The molecule has 0 aromatic carbocycles. The minimum absolute atomic E-state index is 0.218. The average molecular weight is 300 g/mol. The van der Waals surface area contributed by atoms with Gasteiger partial charge in [0.05, 0.1) is 0 Å². The van der Waals surface area contributed by atoms with E-state index in [1.807, 2.05) is 6.92 Å². The van der Waals surface area contributed by atoms with Crippen molar-refractivity contribution < 1.29 is 0 Å². The van der Waals surface area contributed by atoms with Crippen LogP contribution in [0.5, 0.6) is 0 Å². The van der Waals surface area contributed by atoms with Crippen molar-refractivity contribution in [3.05, 3.63) is 5.28 Å². The molecule has 0 saturated carbocycles. The zero-order chi connectivity index (χ0) is 14.8. The standard InChI is InChI=1S/C14H26ClN5/c1-4-16-13-18-12(15)19-14(20-13)17-10-8-6-5-7-9-11(2)3/h11H,4-10H2,1-3H3,(H2,16,17,18,19,20). The number of aromatic nitrogens is 3. The van der Waals surface area contributed by atoms with Crippen molar-refractivity contribution in [3.8, 4) is 0 Å². The Kier molecular flexibility index (Phi) is 8.26. The average Bonchev–Trinajstić information content (AvgIpc) is 2.37. The predicted molar refractivity (Wildman–Crippen MR) is 85.4 cm³/mol. The summed E-state index contributed by atoms with van der Waals surface area (Å²) in [5, 5.41) is 6.45. The Balaban J connectivity index is 2.21. The molecule has 5 nitrogen and oxygen atoms in total. The number of halogens is 1. The summed E-state index contributed by atoms with van der Waals surface area (Å²) in [5.74, 6) is 1.88. The lowest BCUT2D eigenvalue weighted by Crippen LogP contribution is -2.09. The third-order valence-electron chi connectivity index (χ3n) is 2.93. The molecule has 0 aliphatic carbocycles. The van der Waals surface area contributed by atoms with Gasteiger partial charge in [-0.05, 0) is 30.9 Å². The zero-order valence-electron chi connectivity index (χ0n) is 12.7. The molecular weight excluding hydrogens is 274 g/mol. The molecule has 1 rings (SSSR count). The third-order valence-corrected chi connectivity index (χ3v) is 3.10. The van der Waals surface area contributed by atoms with Crippen LogP contribution in [0.25, 0.3) is 0 Å². The van der Waals surface area contributed by atoms with E-state index in [1.54, 1.807) is 0 Å². The molecule has 0 bridgehead atoms. The van der Waals surface area contributed by atoms with Gasteiger partial charge in [-0.25, -0.2) is 0 Å². The number of unbranched alkanes of at least 4 members (excludes halogenated alkanes) is 3. The van der Waals surface area contributed by atoms with Crippen molar-refractivity contribution in [2.45, 2.75) is 52.9 Å². The van der Waals surface area contributed by atoms with Crippen LogP contribution in [0.15, 0.2) is 0 Å². The summed E-state index contributed by atoms with van der Waals surface area (Å²) in [4.78, 5) is 12.3. The Morgan fingerprint density at radius 1 is 0.950 bits per heavy atom. The van der Waals surface area contributed by atoms with Gasteiger partial charge in [-0.2, -0.15) is 15.0 Å². The molecular formula is C14H26ClN5. The van der Waals surface area contributed by atoms with Crippen molar-refractivity contribution in [1.82, 2.24) is 15.0 Å². The summed E-state index contributed by atoms with van der Waals surface area (Å²) >= 11 is 5.85. The van der Waals surface area contributed by atoms with Gasteiger partial charge in [0.25, 0.3) is 0 Å². The lowest BCUT2D eigenvalue weighted by molar-refractivity contribution is 0.523. The summed E-state index contributed by atoms with van der Waals surface area (Å²) in [6, 6.07) is 0. The van der Waals surface area contributed by atoms with Crippen molar-refractivity contribution in [1.29, 1.82) is 0 Å². The maximum Gasteiger partial charge on any atom is 0.228 e. The summed E-state index contributed by atoms with van der Waals surface area (Å²) in [6.45, 7) is 8.16. The molecule has 0 aliphatic rings. The first-order valence-corrected chi connectivity index (χ1v) is 7.89. The quantitative estimate of drug-likeness (QED) is 0.640. The first-order valence-electron chi connectivity index (χ1n) is 7.51. The lowest BCUT2D eigenvalue weighted by Gasteiger charge is -2.07. The molecule has 1 aromatic heterocycles. The van der Waals surface area contributed by atoms with Gasteiger partial charge in [-0.3, -0.25) is 0 Å². The fourth-order valence-electron chi connectivity index (χ4n) is 1.90. The van der Waals surface area contributed by atoms with Gasteiger partial charge in [-0.15, -0.1) is 0 Å². The van der Waals surface area contributed by atoms with E-state index in [4.69, 9.17) is 11.6 Å². The number of rotatable bonds is 10. The fraction of sp³-hybridized carbons (Fsp3) is 0.786. The van der Waals surface area contributed by atoms with Gasteiger partial charge in [-0.1, -0.05) is 39.5 Å². The van der Waals surface area contributed by atoms with Crippen molar-refractivity contribution >= 4 is 23.5 Å². The maximum absolute atomic E-state index is 5.85. The van der Waals surface area contributed by atoms with E-state index in [0.717, 1.165) is 25.4 Å². The van der Waals surface area contributed by atoms with Crippen LogP contribution in [0.4, 0.5) is 11.9 Å². The molecule has 2 N–H and O–H groups in total. The van der Waals surface area contributed by atoms with Gasteiger partial charge in [0.15, 0.2) is 0 Å². The molecule has 20 heavy (non-hydrogen) atoms. The molecule has 0 fully saturated rings. The Morgan fingerprint density at radius 2 is 1.60 bits per heavy atom. The van der Waals surface area contributed by atoms with Gasteiger partial charge in [0.1, 0.15) is 0 Å². The van der Waals surface area contributed by atoms with Crippen LogP contribution in [-0.4, -0.2) is 28.0 Å². The Labute approximate surface area is 127 Å². The van der Waals surface area contributed by atoms with Crippen LogP contribution < -0.4 is 10.6 Å². The SMILES string of the molecule is CCNc1nc(Cl)nc(NCCCCCCC(C)C)n1. The monoisotopic (exact) mass is 299 g/mol. The van der Waals surface area contributed by atoms with Crippen LogP contribution >= 0.6 is 11.6 Å². The molecule has 0 atom stereocenters. The summed E-state index contributed by atoms with van der Waals surface area (Å²) < 4.78 is 0. The predicted octanol–water partition coefficient (Wildman–Crippen LogP) is 3.98. The van der Waals surface area contributed by atoms with Crippen LogP contribution in [0.3, 0.4) is 0 Å². The van der Waals surface area contributed by atoms with Crippen molar-refractivity contribution in [3.63, 3.8) is 0 Å². The molecule has 0 radical (unpaired) electrons. The Hall–Kier alpha value is -1.10. The van der Waals surface area contributed by atoms with E-state index < -0.39 is 0 Å². The second-order valence-corrected chi connectivity index (χ2v) is 5.64. The number of anilines is 2. The van der Waals surface area contributed by atoms with E-state index in [9.17, 15) is 0 Å². The highest BCUT2D eigenvalue weighted by atomic mass is 35.5. The second-order valence-electron chi connectivity index (χ2n) is 5.31. The van der Waals surface area contributed by atoms with Gasteiger partial charge >= 0.3 is 0 Å². The van der Waals surface area contributed by atoms with Crippen LogP contribution in [0.2, 0.25) is 5.28 Å². The van der Waals surface area contributed by atoms with E-state index in [0.29, 0.717) is 11.9 Å². The highest BCUT2D eigenvalue weighted by molar-refractivity contribution is 6.28. The molecule has 0 spiro atoms. The molecule has 0 amide bonds. The smallest absolute Gasteiger partial charge is 0.228 e. The van der Waals surface area contributed by atoms with Crippen LogP contribution in [0.1, 0.15) is 52.9 Å². The van der Waals surface area contributed by atoms with Gasteiger partial charge in [0, 0.05) is 13.1 Å². The van der Waals surface area contributed by atoms with Crippen LogP contribution in [0, 0.1) is 5.92 Å². The van der Waals surface area contributed by atoms with Crippen molar-refractivity contribution in [2.75, 3.05) is 23.7 Å². The number of hydrogen-bond acceptors (Lipinski definition) is 5. The molecule has 6 heteroatoms. The summed E-state index contributed by atoms with van der Waals surface area (Å²) in [7, 11) is 0. The Bertz CT molecular complexity index is 384. The highest BCUT2D eigenvalue weighted by Gasteiger charge is 2.03. The van der Waals surface area contributed by atoms with E-state index in [-0.39, 0.29) is 5.28 Å². The highest BCUT2D eigenvalue weighted by Crippen LogP contribution is 2.11. The Morgan fingerprint density at radius 3 is 2.25 bits per heavy atom. The summed E-state index contributed by atoms with van der Waals surface area (Å²) in [6.07, 6.45) is 6.29. The minimum atomic E-state index is 0.218.